The zero-order valence-electron chi connectivity index (χ0n) is 14.5. The minimum atomic E-state index is 0.989. The van der Waals surface area contributed by atoms with Crippen LogP contribution in [-0.4, -0.2) is 4.98 Å². The first-order valence-corrected chi connectivity index (χ1v) is 7.93. The third kappa shape index (κ3) is 2.63. The average Bonchev–Trinajstić information content (AvgIpc) is 2.50. The fraction of sp³-hybridized carbons (Fsp3) is 0.250. The van der Waals surface area contributed by atoms with Gasteiger partial charge in [-0.25, -0.2) is 0 Å². The lowest BCUT2D eigenvalue weighted by atomic mass is 10.0. The van der Waals surface area contributed by atoms with Gasteiger partial charge in [0.15, 0.2) is 11.9 Å². The molecule has 3 heteroatoms. The number of pyridine rings is 1. The lowest BCUT2D eigenvalue weighted by Gasteiger charge is -2.13. The highest BCUT2D eigenvalue weighted by Gasteiger charge is 2.24. The second kappa shape index (κ2) is 5.92. The van der Waals surface area contributed by atoms with E-state index in [1.807, 2.05) is 19.2 Å². The van der Waals surface area contributed by atoms with Gasteiger partial charge in [-0.15, -0.1) is 0 Å². The summed E-state index contributed by atoms with van der Waals surface area (Å²) in [7, 11) is 0. The summed E-state index contributed by atoms with van der Waals surface area (Å²) in [5.41, 5.74) is 7.50. The van der Waals surface area contributed by atoms with E-state index in [9.17, 15) is 0 Å². The van der Waals surface area contributed by atoms with Crippen LogP contribution in [0.25, 0.3) is 11.4 Å². The number of aromatic nitrogens is 3. The largest absolute Gasteiger partial charge is 0.300 e. The predicted molar refractivity (Wildman–Crippen MR) is 91.0 cm³/mol. The molecule has 0 unspecified atom stereocenters. The Kier molecular flexibility index (Phi) is 3.95. The minimum Gasteiger partial charge on any atom is -0.200 e. The number of nitrogens with zero attached hydrogens (tertiary/aromatic N) is 3. The Bertz CT molecular complexity index is 812. The topological polar surface area (TPSA) is 20.6 Å². The van der Waals surface area contributed by atoms with Gasteiger partial charge >= 0.3 is 0 Å². The van der Waals surface area contributed by atoms with Crippen LogP contribution >= 0.6 is 0 Å². The summed E-state index contributed by atoms with van der Waals surface area (Å²) in [6.07, 6.45) is 6.05. The molecule has 23 heavy (non-hydrogen) atoms. The first-order valence-electron chi connectivity index (χ1n) is 7.93. The molecule has 0 bridgehead atoms. The molecule has 0 radical (unpaired) electrons. The standard InChI is InChI=1S/C20H23N3/c1-14-13-15(2)20(23-12-8-10-21-18(23)5)17(4)19(14)22-11-7-6-9-16(22)3/h6-13H,1-5H3/q+2. The van der Waals surface area contributed by atoms with Gasteiger partial charge in [0.25, 0.3) is 5.82 Å². The molecule has 0 spiro atoms. The van der Waals surface area contributed by atoms with Crippen molar-refractivity contribution in [2.24, 2.45) is 0 Å². The maximum atomic E-state index is 4.44. The van der Waals surface area contributed by atoms with E-state index >= 15 is 0 Å². The molecular weight excluding hydrogens is 282 g/mol. The van der Waals surface area contributed by atoms with Gasteiger partial charge in [-0.3, -0.25) is 0 Å². The van der Waals surface area contributed by atoms with Gasteiger partial charge in [-0.1, -0.05) is 11.1 Å². The van der Waals surface area contributed by atoms with E-state index in [1.54, 1.807) is 0 Å². The third-order valence-corrected chi connectivity index (χ3v) is 4.37. The second-order valence-electron chi connectivity index (χ2n) is 6.08. The lowest BCUT2D eigenvalue weighted by Crippen LogP contribution is -2.40. The molecule has 1 aromatic carbocycles. The van der Waals surface area contributed by atoms with Crippen LogP contribution in [0.5, 0.6) is 0 Å². The van der Waals surface area contributed by atoms with Crippen molar-refractivity contribution < 1.29 is 9.13 Å². The molecule has 2 heterocycles. The molecule has 3 nitrogen and oxygen atoms in total. The van der Waals surface area contributed by atoms with Crippen molar-refractivity contribution in [3.8, 4) is 11.4 Å². The Hall–Kier alpha value is -2.55. The maximum absolute atomic E-state index is 4.44. The SMILES string of the molecule is Cc1cc(C)c(-[n+]2cccnc2C)c(C)c1-[n+]1ccccc1C. The van der Waals surface area contributed by atoms with Crippen LogP contribution in [0.4, 0.5) is 0 Å². The van der Waals surface area contributed by atoms with Gasteiger partial charge in [-0.05, 0) is 32.4 Å². The number of benzene rings is 1. The van der Waals surface area contributed by atoms with Gasteiger partial charge in [0.05, 0.1) is 5.56 Å². The minimum absolute atomic E-state index is 0.989. The van der Waals surface area contributed by atoms with E-state index in [-0.39, 0.29) is 0 Å². The van der Waals surface area contributed by atoms with E-state index in [1.165, 1.54) is 33.8 Å². The van der Waals surface area contributed by atoms with Crippen LogP contribution < -0.4 is 9.13 Å². The van der Waals surface area contributed by atoms with Crippen molar-refractivity contribution >= 4 is 0 Å². The number of hydrogen-bond donors (Lipinski definition) is 0. The van der Waals surface area contributed by atoms with Crippen LogP contribution in [0.1, 0.15) is 28.2 Å². The molecule has 0 saturated heterocycles. The van der Waals surface area contributed by atoms with E-state index in [0.717, 1.165) is 5.82 Å². The first-order chi connectivity index (χ1) is 11.0. The Morgan fingerprint density at radius 3 is 2.09 bits per heavy atom. The Labute approximate surface area is 137 Å². The summed E-state index contributed by atoms with van der Waals surface area (Å²) < 4.78 is 4.44. The van der Waals surface area contributed by atoms with Crippen molar-refractivity contribution in [3.05, 3.63) is 77.1 Å². The molecule has 0 N–H and O–H groups in total. The smallest absolute Gasteiger partial charge is 0.200 e. The van der Waals surface area contributed by atoms with Crippen LogP contribution in [0.2, 0.25) is 0 Å². The molecule has 0 fully saturated rings. The zero-order valence-corrected chi connectivity index (χ0v) is 14.5. The maximum Gasteiger partial charge on any atom is 0.300 e. The number of hydrogen-bond acceptors (Lipinski definition) is 1. The average molecular weight is 305 g/mol. The molecule has 116 valence electrons. The predicted octanol–water partition coefficient (Wildman–Crippen LogP) is 3.18. The van der Waals surface area contributed by atoms with Gasteiger partial charge in [-0.2, -0.15) is 9.13 Å². The first kappa shape index (κ1) is 15.3. The highest BCUT2D eigenvalue weighted by molar-refractivity contribution is 5.53. The zero-order chi connectivity index (χ0) is 16.6. The van der Waals surface area contributed by atoms with Gasteiger partial charge in [0.1, 0.15) is 18.1 Å². The van der Waals surface area contributed by atoms with Crippen molar-refractivity contribution in [2.75, 3.05) is 0 Å². The Morgan fingerprint density at radius 1 is 0.783 bits per heavy atom. The Morgan fingerprint density at radius 2 is 1.43 bits per heavy atom. The molecule has 0 aliphatic heterocycles. The van der Waals surface area contributed by atoms with Crippen molar-refractivity contribution in [1.29, 1.82) is 0 Å². The highest BCUT2D eigenvalue weighted by atomic mass is 15.0. The van der Waals surface area contributed by atoms with E-state index < -0.39 is 0 Å². The summed E-state index contributed by atoms with van der Waals surface area (Å²) in [5.74, 6) is 0.989. The molecule has 0 aliphatic rings. The Balaban J connectivity index is 2.35. The van der Waals surface area contributed by atoms with Crippen LogP contribution in [0, 0.1) is 34.6 Å². The van der Waals surface area contributed by atoms with E-state index in [2.05, 4.69) is 78.5 Å². The monoisotopic (exact) mass is 305 g/mol. The summed E-state index contributed by atoms with van der Waals surface area (Å²) in [6, 6.07) is 10.5. The second-order valence-corrected chi connectivity index (χ2v) is 6.08. The summed E-state index contributed by atoms with van der Waals surface area (Å²) >= 11 is 0. The summed E-state index contributed by atoms with van der Waals surface area (Å²) in [5, 5.41) is 0. The lowest BCUT2D eigenvalue weighted by molar-refractivity contribution is -0.614. The van der Waals surface area contributed by atoms with E-state index in [4.69, 9.17) is 0 Å². The number of aryl methyl sites for hydroxylation is 4. The van der Waals surface area contributed by atoms with Crippen LogP contribution in [-0.2, 0) is 0 Å². The van der Waals surface area contributed by atoms with Crippen molar-refractivity contribution in [3.63, 3.8) is 0 Å². The molecular formula is C20H23N3+2. The van der Waals surface area contributed by atoms with Gasteiger partial charge < -0.3 is 0 Å². The van der Waals surface area contributed by atoms with Gasteiger partial charge in [0.2, 0.25) is 5.69 Å². The van der Waals surface area contributed by atoms with E-state index in [0.29, 0.717) is 0 Å². The van der Waals surface area contributed by atoms with Crippen LogP contribution in [0.15, 0.2) is 48.9 Å². The number of rotatable bonds is 2. The molecule has 0 amide bonds. The fourth-order valence-corrected chi connectivity index (χ4v) is 3.37. The van der Waals surface area contributed by atoms with Crippen LogP contribution in [0.3, 0.4) is 0 Å². The highest BCUT2D eigenvalue weighted by Crippen LogP contribution is 2.23. The quantitative estimate of drug-likeness (QED) is 0.666. The van der Waals surface area contributed by atoms with Crippen molar-refractivity contribution in [2.45, 2.75) is 34.6 Å². The van der Waals surface area contributed by atoms with Gasteiger partial charge in [0, 0.05) is 37.6 Å². The summed E-state index contributed by atoms with van der Waals surface area (Å²) in [6.45, 7) is 10.7. The molecule has 0 saturated carbocycles. The molecule has 0 atom stereocenters. The molecule has 0 aliphatic carbocycles. The third-order valence-electron chi connectivity index (χ3n) is 4.37. The molecule has 3 rings (SSSR count). The normalized spacial score (nSPS) is 10.8. The molecule has 2 aromatic heterocycles. The fourth-order valence-electron chi connectivity index (χ4n) is 3.37. The van der Waals surface area contributed by atoms with Crippen molar-refractivity contribution in [1.82, 2.24) is 4.98 Å². The molecule has 3 aromatic rings. The summed E-state index contributed by atoms with van der Waals surface area (Å²) in [4.78, 5) is 4.44.